The Morgan fingerprint density at radius 2 is 1.48 bits per heavy atom. The van der Waals surface area contributed by atoms with E-state index in [1.165, 1.54) is 6.07 Å². The smallest absolute Gasteiger partial charge is 0.243 e. The fraction of sp³-hybridized carbons (Fsp3) is 0.300. The minimum atomic E-state index is -0.424. The van der Waals surface area contributed by atoms with Gasteiger partial charge in [0.05, 0.1) is 13.0 Å². The molecule has 25 heavy (non-hydrogen) atoms. The molecule has 2 aromatic rings. The number of amides is 2. The zero-order valence-electron chi connectivity index (χ0n) is 14.6. The minimum absolute atomic E-state index is 0.0916. The van der Waals surface area contributed by atoms with Crippen molar-refractivity contribution in [2.45, 2.75) is 33.1 Å². The summed E-state index contributed by atoms with van der Waals surface area (Å²) >= 11 is 0. The summed E-state index contributed by atoms with van der Waals surface area (Å²) < 4.78 is 13.5. The van der Waals surface area contributed by atoms with Crippen molar-refractivity contribution < 1.29 is 14.0 Å². The van der Waals surface area contributed by atoms with Crippen LogP contribution in [-0.4, -0.2) is 18.4 Å². The predicted octanol–water partition coefficient (Wildman–Crippen LogP) is 3.25. The number of aryl methyl sites for hydroxylation is 2. The highest BCUT2D eigenvalue weighted by Gasteiger charge is 2.12. The van der Waals surface area contributed by atoms with Crippen LogP contribution < -0.4 is 10.6 Å². The first kappa shape index (κ1) is 18.6. The average molecular weight is 342 g/mol. The van der Waals surface area contributed by atoms with Crippen molar-refractivity contribution >= 4 is 17.5 Å². The van der Waals surface area contributed by atoms with Gasteiger partial charge in [-0.1, -0.05) is 50.2 Å². The van der Waals surface area contributed by atoms with Crippen LogP contribution in [0.5, 0.6) is 0 Å². The van der Waals surface area contributed by atoms with Gasteiger partial charge in [-0.25, -0.2) is 4.39 Å². The number of nitrogens with one attached hydrogen (secondary N) is 2. The Balaban J connectivity index is 1.93. The topological polar surface area (TPSA) is 58.2 Å². The Hall–Kier alpha value is -2.69. The molecule has 2 rings (SSSR count). The Morgan fingerprint density at radius 3 is 2.08 bits per heavy atom. The van der Waals surface area contributed by atoms with Gasteiger partial charge in [0, 0.05) is 5.69 Å². The standard InChI is InChI=1S/C20H23FN2O2/c1-3-14-9-7-10-15(4-2)20(14)23-19(25)13-22-18(24)12-16-8-5-6-11-17(16)21/h5-11H,3-4,12-13H2,1-2H3,(H,22,24)(H,23,25). The Bertz CT molecular complexity index is 737. The maximum atomic E-state index is 13.5. The van der Waals surface area contributed by atoms with Gasteiger partial charge in [-0.3, -0.25) is 9.59 Å². The number of carbonyl (C=O) groups excluding carboxylic acids is 2. The molecule has 4 nitrogen and oxygen atoms in total. The Morgan fingerprint density at radius 1 is 0.880 bits per heavy atom. The zero-order valence-corrected chi connectivity index (χ0v) is 14.6. The van der Waals surface area contributed by atoms with E-state index in [1.54, 1.807) is 18.2 Å². The fourth-order valence-corrected chi connectivity index (χ4v) is 2.64. The van der Waals surface area contributed by atoms with Crippen LogP contribution in [0.4, 0.5) is 10.1 Å². The Labute approximate surface area is 147 Å². The van der Waals surface area contributed by atoms with Crippen LogP contribution in [-0.2, 0) is 28.9 Å². The van der Waals surface area contributed by atoms with Crippen LogP contribution in [0.15, 0.2) is 42.5 Å². The van der Waals surface area contributed by atoms with E-state index in [9.17, 15) is 14.0 Å². The summed E-state index contributed by atoms with van der Waals surface area (Å²) in [6.45, 7) is 3.91. The van der Waals surface area contributed by atoms with Crippen LogP contribution in [0.25, 0.3) is 0 Å². The maximum Gasteiger partial charge on any atom is 0.243 e. The molecule has 0 aliphatic heterocycles. The normalized spacial score (nSPS) is 10.4. The summed E-state index contributed by atoms with van der Waals surface area (Å²) in [6, 6.07) is 12.0. The highest BCUT2D eigenvalue weighted by molar-refractivity contribution is 5.96. The molecule has 0 heterocycles. The number of rotatable bonds is 7. The number of halogens is 1. The largest absolute Gasteiger partial charge is 0.347 e. The molecule has 0 aliphatic rings. The lowest BCUT2D eigenvalue weighted by Crippen LogP contribution is -2.34. The third-order valence-electron chi connectivity index (χ3n) is 4.02. The van der Waals surface area contributed by atoms with Gasteiger partial charge < -0.3 is 10.6 Å². The monoisotopic (exact) mass is 342 g/mol. The van der Waals surface area contributed by atoms with E-state index in [1.807, 2.05) is 32.0 Å². The van der Waals surface area contributed by atoms with E-state index in [-0.39, 0.29) is 24.8 Å². The molecule has 0 bridgehead atoms. The van der Waals surface area contributed by atoms with Crippen molar-refractivity contribution in [3.63, 3.8) is 0 Å². The van der Waals surface area contributed by atoms with Crippen LogP contribution in [0.1, 0.15) is 30.5 Å². The molecule has 0 fully saturated rings. The van der Waals surface area contributed by atoms with Crippen LogP contribution in [0, 0.1) is 5.82 Å². The van der Waals surface area contributed by atoms with Gasteiger partial charge >= 0.3 is 0 Å². The van der Waals surface area contributed by atoms with Crippen molar-refractivity contribution in [3.05, 3.63) is 65.0 Å². The quantitative estimate of drug-likeness (QED) is 0.811. The van der Waals surface area contributed by atoms with E-state index < -0.39 is 5.82 Å². The van der Waals surface area contributed by atoms with E-state index in [0.717, 1.165) is 29.7 Å². The van der Waals surface area contributed by atoms with Gasteiger partial charge in [-0.15, -0.1) is 0 Å². The molecule has 132 valence electrons. The molecule has 0 saturated carbocycles. The fourth-order valence-electron chi connectivity index (χ4n) is 2.64. The number of hydrogen-bond donors (Lipinski definition) is 2. The highest BCUT2D eigenvalue weighted by atomic mass is 19.1. The number of benzene rings is 2. The summed E-state index contributed by atoms with van der Waals surface area (Å²) in [5.74, 6) is -1.11. The minimum Gasteiger partial charge on any atom is -0.347 e. The molecule has 0 spiro atoms. The molecule has 5 heteroatoms. The SMILES string of the molecule is CCc1cccc(CC)c1NC(=O)CNC(=O)Cc1ccccc1F. The first-order valence-corrected chi connectivity index (χ1v) is 8.45. The molecular formula is C20H23FN2O2. The number of hydrogen-bond acceptors (Lipinski definition) is 2. The van der Waals surface area contributed by atoms with E-state index >= 15 is 0 Å². The van der Waals surface area contributed by atoms with Crippen molar-refractivity contribution in [2.24, 2.45) is 0 Å². The predicted molar refractivity (Wildman–Crippen MR) is 96.9 cm³/mol. The third kappa shape index (κ3) is 5.14. The molecule has 0 saturated heterocycles. The lowest BCUT2D eigenvalue weighted by molar-refractivity contribution is -0.123. The van der Waals surface area contributed by atoms with Crippen LogP contribution in [0.3, 0.4) is 0 Å². The van der Waals surface area contributed by atoms with Gasteiger partial charge in [-0.2, -0.15) is 0 Å². The van der Waals surface area contributed by atoms with Gasteiger partial charge in [-0.05, 0) is 35.6 Å². The molecule has 0 aromatic heterocycles. The van der Waals surface area contributed by atoms with Gasteiger partial charge in [0.15, 0.2) is 0 Å². The lowest BCUT2D eigenvalue weighted by Gasteiger charge is -2.14. The number of para-hydroxylation sites is 1. The van der Waals surface area contributed by atoms with E-state index in [0.29, 0.717) is 5.56 Å². The molecule has 2 N–H and O–H groups in total. The molecule has 2 aromatic carbocycles. The lowest BCUT2D eigenvalue weighted by atomic mass is 10.0. The van der Waals surface area contributed by atoms with Crippen molar-refractivity contribution in [3.8, 4) is 0 Å². The van der Waals surface area contributed by atoms with Crippen LogP contribution >= 0.6 is 0 Å². The second-order valence-corrected chi connectivity index (χ2v) is 5.75. The molecule has 0 radical (unpaired) electrons. The van der Waals surface area contributed by atoms with Gasteiger partial charge in [0.2, 0.25) is 11.8 Å². The van der Waals surface area contributed by atoms with E-state index in [2.05, 4.69) is 10.6 Å². The summed E-state index contributed by atoms with van der Waals surface area (Å²) in [5, 5.41) is 5.42. The average Bonchev–Trinajstić information content (AvgIpc) is 2.62. The Kier molecular flexibility index (Phi) is 6.69. The molecule has 0 atom stereocenters. The molecule has 0 unspecified atom stereocenters. The first-order valence-electron chi connectivity index (χ1n) is 8.45. The molecular weight excluding hydrogens is 319 g/mol. The summed E-state index contributed by atoms with van der Waals surface area (Å²) in [5.41, 5.74) is 3.25. The first-order chi connectivity index (χ1) is 12.0. The summed E-state index contributed by atoms with van der Waals surface area (Å²) in [6.07, 6.45) is 1.53. The maximum absolute atomic E-state index is 13.5. The summed E-state index contributed by atoms with van der Waals surface area (Å²) in [7, 11) is 0. The van der Waals surface area contributed by atoms with E-state index in [4.69, 9.17) is 0 Å². The highest BCUT2D eigenvalue weighted by Crippen LogP contribution is 2.22. The summed E-state index contributed by atoms with van der Waals surface area (Å²) in [4.78, 5) is 24.1. The molecule has 0 aliphatic carbocycles. The number of anilines is 1. The van der Waals surface area contributed by atoms with Crippen LogP contribution in [0.2, 0.25) is 0 Å². The van der Waals surface area contributed by atoms with Crippen molar-refractivity contribution in [1.82, 2.24) is 5.32 Å². The van der Waals surface area contributed by atoms with Crippen molar-refractivity contribution in [2.75, 3.05) is 11.9 Å². The molecule has 2 amide bonds. The zero-order chi connectivity index (χ0) is 18.2. The number of carbonyl (C=O) groups is 2. The third-order valence-corrected chi connectivity index (χ3v) is 4.02. The van der Waals surface area contributed by atoms with Crippen molar-refractivity contribution in [1.29, 1.82) is 0 Å². The second kappa shape index (κ2) is 8.97. The second-order valence-electron chi connectivity index (χ2n) is 5.75. The van der Waals surface area contributed by atoms with Gasteiger partial charge in [0.1, 0.15) is 5.82 Å². The van der Waals surface area contributed by atoms with Gasteiger partial charge in [0.25, 0.3) is 0 Å².